The molecular formula is C25H25N3O4. The first-order valence-electron chi connectivity index (χ1n) is 10.1. The van der Waals surface area contributed by atoms with E-state index in [0.29, 0.717) is 35.8 Å². The van der Waals surface area contributed by atoms with Crippen LogP contribution >= 0.6 is 0 Å². The SMILES string of the molecule is COc1cc(C2(c3ccccc3)C=Cc3c(N)nn(C=CC=O)c3C2)cc(OC)c1OC. The highest BCUT2D eigenvalue weighted by Crippen LogP contribution is 2.47. The molecule has 0 spiro atoms. The quantitative estimate of drug-likeness (QED) is 0.453. The van der Waals surface area contributed by atoms with E-state index in [9.17, 15) is 4.79 Å². The van der Waals surface area contributed by atoms with Gasteiger partial charge in [-0.05, 0) is 29.3 Å². The Hall–Kier alpha value is -4.00. The van der Waals surface area contributed by atoms with Gasteiger partial charge < -0.3 is 19.9 Å². The van der Waals surface area contributed by atoms with Crippen LogP contribution in [0.1, 0.15) is 22.4 Å². The predicted octanol–water partition coefficient (Wildman–Crippen LogP) is 3.72. The lowest BCUT2D eigenvalue weighted by Crippen LogP contribution is -2.31. The van der Waals surface area contributed by atoms with Crippen LogP contribution in [0.25, 0.3) is 12.3 Å². The molecule has 7 nitrogen and oxygen atoms in total. The molecule has 7 heteroatoms. The average Bonchev–Trinajstić information content (AvgIpc) is 3.16. The number of hydrogen-bond donors (Lipinski definition) is 1. The number of aldehydes is 1. The van der Waals surface area contributed by atoms with Gasteiger partial charge in [0.15, 0.2) is 17.3 Å². The van der Waals surface area contributed by atoms with Crippen LogP contribution in [0, 0.1) is 0 Å². The van der Waals surface area contributed by atoms with Crippen molar-refractivity contribution in [3.05, 3.63) is 77.0 Å². The van der Waals surface area contributed by atoms with Gasteiger partial charge in [-0.1, -0.05) is 42.5 Å². The number of allylic oxidation sites excluding steroid dienone is 2. The monoisotopic (exact) mass is 431 g/mol. The number of carbonyl (C=O) groups excluding carboxylic acids is 1. The molecular weight excluding hydrogens is 406 g/mol. The summed E-state index contributed by atoms with van der Waals surface area (Å²) in [7, 11) is 4.79. The van der Waals surface area contributed by atoms with Crippen molar-refractivity contribution < 1.29 is 19.0 Å². The number of fused-ring (bicyclic) bond motifs is 1. The molecule has 1 aliphatic rings. The topological polar surface area (TPSA) is 88.6 Å². The lowest BCUT2D eigenvalue weighted by molar-refractivity contribution is -0.104. The summed E-state index contributed by atoms with van der Waals surface area (Å²) < 4.78 is 18.4. The minimum Gasteiger partial charge on any atom is -0.493 e. The van der Waals surface area contributed by atoms with Gasteiger partial charge in [-0.3, -0.25) is 4.79 Å². The Morgan fingerprint density at radius 1 is 1.03 bits per heavy atom. The van der Waals surface area contributed by atoms with Gasteiger partial charge in [-0.25, -0.2) is 4.68 Å². The number of hydrogen-bond acceptors (Lipinski definition) is 6. The molecule has 32 heavy (non-hydrogen) atoms. The number of rotatable bonds is 7. The molecule has 0 saturated carbocycles. The zero-order valence-electron chi connectivity index (χ0n) is 18.2. The van der Waals surface area contributed by atoms with Gasteiger partial charge in [0.05, 0.1) is 27.0 Å². The summed E-state index contributed by atoms with van der Waals surface area (Å²) >= 11 is 0. The molecule has 0 fully saturated rings. The van der Waals surface area contributed by atoms with E-state index in [0.717, 1.165) is 22.4 Å². The average molecular weight is 431 g/mol. The van der Waals surface area contributed by atoms with E-state index < -0.39 is 5.41 Å². The number of nitrogen functional groups attached to an aromatic ring is 1. The number of methoxy groups -OCH3 is 3. The minimum absolute atomic E-state index is 0.415. The first-order chi connectivity index (χ1) is 15.6. The second-order valence-electron chi connectivity index (χ2n) is 7.43. The highest BCUT2D eigenvalue weighted by molar-refractivity contribution is 5.74. The maximum Gasteiger partial charge on any atom is 0.203 e. The zero-order chi connectivity index (χ0) is 22.7. The van der Waals surface area contributed by atoms with E-state index in [4.69, 9.17) is 19.9 Å². The van der Waals surface area contributed by atoms with E-state index in [1.165, 1.54) is 6.08 Å². The van der Waals surface area contributed by atoms with Crippen molar-refractivity contribution >= 4 is 24.4 Å². The van der Waals surface area contributed by atoms with Crippen molar-refractivity contribution in [1.82, 2.24) is 9.78 Å². The van der Waals surface area contributed by atoms with Crippen LogP contribution in [-0.2, 0) is 16.6 Å². The summed E-state index contributed by atoms with van der Waals surface area (Å²) in [5.74, 6) is 2.10. The Bertz CT molecular complexity index is 1170. The standard InChI is InChI=1S/C25H25N3O4/c1-30-21-14-18(15-22(31-2)23(21)32-3)25(17-8-5-4-6-9-17)11-10-19-20(16-25)28(12-7-13-29)27-24(19)26/h4-15H,16H2,1-3H3,(H2,26,27). The number of ether oxygens (including phenoxy) is 3. The predicted molar refractivity (Wildman–Crippen MR) is 124 cm³/mol. The first-order valence-corrected chi connectivity index (χ1v) is 10.1. The molecule has 1 atom stereocenters. The largest absolute Gasteiger partial charge is 0.493 e. The van der Waals surface area contributed by atoms with Gasteiger partial charge in [-0.2, -0.15) is 5.10 Å². The fraction of sp³-hybridized carbons (Fsp3) is 0.200. The van der Waals surface area contributed by atoms with E-state index in [1.807, 2.05) is 36.4 Å². The summed E-state index contributed by atoms with van der Waals surface area (Å²) in [5.41, 5.74) is 9.41. The van der Waals surface area contributed by atoms with Crippen molar-refractivity contribution in [2.45, 2.75) is 11.8 Å². The van der Waals surface area contributed by atoms with Gasteiger partial charge in [0.25, 0.3) is 0 Å². The third kappa shape index (κ3) is 3.41. The van der Waals surface area contributed by atoms with Gasteiger partial charge in [0, 0.05) is 23.6 Å². The fourth-order valence-electron chi connectivity index (χ4n) is 4.29. The molecule has 1 heterocycles. The summed E-state index contributed by atoms with van der Waals surface area (Å²) in [6.07, 6.45) is 8.42. The first kappa shape index (κ1) is 21.2. The van der Waals surface area contributed by atoms with Crippen molar-refractivity contribution in [3.63, 3.8) is 0 Å². The molecule has 164 valence electrons. The molecule has 0 bridgehead atoms. The molecule has 0 saturated heterocycles. The summed E-state index contributed by atoms with van der Waals surface area (Å²) in [5, 5.41) is 4.41. The van der Waals surface area contributed by atoms with Gasteiger partial charge in [0.1, 0.15) is 6.29 Å². The Balaban J connectivity index is 1.98. The molecule has 0 radical (unpaired) electrons. The maximum atomic E-state index is 10.9. The molecule has 4 rings (SSSR count). The fourth-order valence-corrected chi connectivity index (χ4v) is 4.29. The Labute approximate surface area is 186 Å². The van der Waals surface area contributed by atoms with Crippen LogP contribution in [0.3, 0.4) is 0 Å². The van der Waals surface area contributed by atoms with Crippen LogP contribution < -0.4 is 19.9 Å². The number of aromatic nitrogens is 2. The smallest absolute Gasteiger partial charge is 0.203 e. The lowest BCUT2D eigenvalue weighted by Gasteiger charge is -2.35. The molecule has 3 aromatic rings. The number of benzene rings is 2. The highest BCUT2D eigenvalue weighted by Gasteiger charge is 2.38. The molecule has 2 aromatic carbocycles. The number of nitrogens with two attached hydrogens (primary N) is 1. The molecule has 1 unspecified atom stereocenters. The van der Waals surface area contributed by atoms with Crippen molar-refractivity contribution in [3.8, 4) is 17.2 Å². The molecule has 0 amide bonds. The minimum atomic E-state index is -0.555. The van der Waals surface area contributed by atoms with E-state index >= 15 is 0 Å². The lowest BCUT2D eigenvalue weighted by atomic mass is 9.68. The maximum absolute atomic E-state index is 10.9. The number of carbonyl (C=O) groups is 1. The van der Waals surface area contributed by atoms with Crippen molar-refractivity contribution in [2.75, 3.05) is 27.1 Å². The van der Waals surface area contributed by atoms with E-state index in [-0.39, 0.29) is 0 Å². The van der Waals surface area contributed by atoms with Crippen molar-refractivity contribution in [2.24, 2.45) is 0 Å². The van der Waals surface area contributed by atoms with Gasteiger partial charge in [0.2, 0.25) is 5.75 Å². The third-order valence-electron chi connectivity index (χ3n) is 5.83. The zero-order valence-corrected chi connectivity index (χ0v) is 18.2. The van der Waals surface area contributed by atoms with Crippen molar-refractivity contribution in [1.29, 1.82) is 0 Å². The normalized spacial score (nSPS) is 17.2. The summed E-state index contributed by atoms with van der Waals surface area (Å²) in [4.78, 5) is 10.9. The second-order valence-corrected chi connectivity index (χ2v) is 7.43. The van der Waals surface area contributed by atoms with Crippen LogP contribution in [0.5, 0.6) is 17.2 Å². The van der Waals surface area contributed by atoms with Gasteiger partial charge in [-0.15, -0.1) is 0 Å². The Kier molecular flexibility index (Phi) is 5.73. The molecule has 1 aliphatic carbocycles. The molecule has 2 N–H and O–H groups in total. The van der Waals surface area contributed by atoms with E-state index in [1.54, 1.807) is 32.2 Å². The summed E-state index contributed by atoms with van der Waals surface area (Å²) in [6.45, 7) is 0. The summed E-state index contributed by atoms with van der Waals surface area (Å²) in [6, 6.07) is 14.1. The van der Waals surface area contributed by atoms with Crippen LogP contribution in [-0.4, -0.2) is 37.4 Å². The molecule has 1 aromatic heterocycles. The third-order valence-corrected chi connectivity index (χ3v) is 5.83. The van der Waals surface area contributed by atoms with Gasteiger partial charge >= 0.3 is 0 Å². The second kappa shape index (κ2) is 8.63. The number of anilines is 1. The van der Waals surface area contributed by atoms with Crippen LogP contribution in [0.4, 0.5) is 5.82 Å². The van der Waals surface area contributed by atoms with Crippen LogP contribution in [0.2, 0.25) is 0 Å². The molecule has 0 aliphatic heterocycles. The van der Waals surface area contributed by atoms with Crippen LogP contribution in [0.15, 0.2) is 54.6 Å². The Morgan fingerprint density at radius 3 is 2.31 bits per heavy atom. The highest BCUT2D eigenvalue weighted by atomic mass is 16.5. The number of nitrogens with zero attached hydrogens (tertiary/aromatic N) is 2. The van der Waals surface area contributed by atoms with E-state index in [2.05, 4.69) is 23.3 Å². The Morgan fingerprint density at radius 2 is 1.72 bits per heavy atom.